The van der Waals surface area contributed by atoms with Crippen LogP contribution in [0.1, 0.15) is 16.7 Å². The van der Waals surface area contributed by atoms with Gasteiger partial charge in [0.1, 0.15) is 29.7 Å². The van der Waals surface area contributed by atoms with Crippen LogP contribution in [-0.4, -0.2) is 13.0 Å². The second-order valence-corrected chi connectivity index (χ2v) is 9.07. The van der Waals surface area contributed by atoms with E-state index in [4.69, 9.17) is 21.1 Å². The normalized spacial score (nSPS) is 10.9. The zero-order chi connectivity index (χ0) is 23.8. The van der Waals surface area contributed by atoms with E-state index in [0.717, 1.165) is 16.9 Å². The monoisotopic (exact) mass is 588 g/mol. The number of hydrogen-bond acceptors (Lipinski definition) is 4. The largest absolute Gasteiger partial charge is 0.497 e. The second kappa shape index (κ2) is 11.9. The molecule has 0 radical (unpaired) electrons. The molecular formula is C25H19Br2ClN2O3. The van der Waals surface area contributed by atoms with Gasteiger partial charge >= 0.3 is 0 Å². The van der Waals surface area contributed by atoms with Crippen LogP contribution in [-0.2, 0) is 17.9 Å². The number of nitrogens with zero attached hydrogens (tertiary/aromatic N) is 1. The summed E-state index contributed by atoms with van der Waals surface area (Å²) >= 11 is 12.9. The Labute approximate surface area is 214 Å². The Morgan fingerprint density at radius 2 is 1.67 bits per heavy atom. The number of amides is 1. The Balaban J connectivity index is 1.68. The number of carbonyl (C=O) groups is 1. The van der Waals surface area contributed by atoms with Gasteiger partial charge in [0.2, 0.25) is 0 Å². The summed E-state index contributed by atoms with van der Waals surface area (Å²) in [7, 11) is 1.59. The predicted octanol–water partition coefficient (Wildman–Crippen LogP) is 6.68. The molecule has 0 saturated heterocycles. The lowest BCUT2D eigenvalue weighted by molar-refractivity contribution is -0.117. The minimum Gasteiger partial charge on any atom is -0.497 e. The van der Waals surface area contributed by atoms with Crippen LogP contribution in [0.4, 0.5) is 0 Å². The summed E-state index contributed by atoms with van der Waals surface area (Å²) in [5, 5.41) is 12.9. The summed E-state index contributed by atoms with van der Waals surface area (Å²) in [5.41, 5.74) is 2.54. The van der Waals surface area contributed by atoms with Crippen LogP contribution >= 0.6 is 43.5 Å². The van der Waals surface area contributed by atoms with E-state index in [1.807, 2.05) is 42.5 Å². The molecule has 33 heavy (non-hydrogen) atoms. The Hall–Kier alpha value is -2.79. The van der Waals surface area contributed by atoms with Crippen molar-refractivity contribution in [2.45, 2.75) is 13.2 Å². The Morgan fingerprint density at radius 3 is 2.24 bits per heavy atom. The summed E-state index contributed by atoms with van der Waals surface area (Å²) in [6, 6.07) is 20.3. The molecule has 168 valence electrons. The molecule has 3 aromatic carbocycles. The number of nitriles is 1. The fourth-order valence-electron chi connectivity index (χ4n) is 2.87. The molecular weight excluding hydrogens is 572 g/mol. The molecule has 8 heteroatoms. The van der Waals surface area contributed by atoms with Crippen LogP contribution in [0.2, 0.25) is 5.02 Å². The van der Waals surface area contributed by atoms with Gasteiger partial charge in [-0.1, -0.05) is 35.9 Å². The van der Waals surface area contributed by atoms with Crippen molar-refractivity contribution in [3.63, 3.8) is 0 Å². The molecule has 0 spiro atoms. The van der Waals surface area contributed by atoms with Crippen LogP contribution in [0.25, 0.3) is 6.08 Å². The van der Waals surface area contributed by atoms with Gasteiger partial charge in [0.15, 0.2) is 0 Å². The van der Waals surface area contributed by atoms with E-state index in [1.54, 1.807) is 31.4 Å². The van der Waals surface area contributed by atoms with Crippen LogP contribution in [0, 0.1) is 11.3 Å². The number of methoxy groups -OCH3 is 1. The first-order chi connectivity index (χ1) is 15.9. The van der Waals surface area contributed by atoms with E-state index >= 15 is 0 Å². The fourth-order valence-corrected chi connectivity index (χ4v) is 4.45. The highest BCUT2D eigenvalue weighted by Crippen LogP contribution is 2.36. The maximum Gasteiger partial charge on any atom is 0.262 e. The lowest BCUT2D eigenvalue weighted by Gasteiger charge is -2.12. The smallest absolute Gasteiger partial charge is 0.262 e. The van der Waals surface area contributed by atoms with Crippen LogP contribution < -0.4 is 14.8 Å². The van der Waals surface area contributed by atoms with Gasteiger partial charge in [0.05, 0.1) is 16.1 Å². The van der Waals surface area contributed by atoms with E-state index in [1.165, 1.54) is 6.08 Å². The molecule has 3 aromatic rings. The van der Waals surface area contributed by atoms with Crippen molar-refractivity contribution < 1.29 is 14.3 Å². The molecule has 0 aliphatic carbocycles. The molecule has 0 atom stereocenters. The summed E-state index contributed by atoms with van der Waals surface area (Å²) in [6.07, 6.45) is 1.53. The maximum atomic E-state index is 12.5. The van der Waals surface area contributed by atoms with Crippen molar-refractivity contribution in [3.05, 3.63) is 96.9 Å². The number of halogens is 3. The molecule has 0 heterocycles. The molecule has 0 unspecified atom stereocenters. The van der Waals surface area contributed by atoms with Gasteiger partial charge < -0.3 is 14.8 Å². The van der Waals surface area contributed by atoms with E-state index < -0.39 is 5.91 Å². The maximum absolute atomic E-state index is 12.5. The lowest BCUT2D eigenvalue weighted by atomic mass is 10.1. The third-order valence-corrected chi connectivity index (χ3v) is 6.04. The average Bonchev–Trinajstić information content (AvgIpc) is 2.82. The predicted molar refractivity (Wildman–Crippen MR) is 136 cm³/mol. The first kappa shape index (κ1) is 24.8. The van der Waals surface area contributed by atoms with E-state index in [2.05, 4.69) is 37.2 Å². The zero-order valence-electron chi connectivity index (χ0n) is 17.6. The molecule has 1 amide bonds. The number of rotatable bonds is 8. The van der Waals surface area contributed by atoms with Crippen LogP contribution in [0.3, 0.4) is 0 Å². The van der Waals surface area contributed by atoms with E-state index in [0.29, 0.717) is 38.4 Å². The van der Waals surface area contributed by atoms with Crippen molar-refractivity contribution in [1.82, 2.24) is 5.32 Å². The molecule has 0 fully saturated rings. The van der Waals surface area contributed by atoms with Gasteiger partial charge in [-0.05, 0) is 91.0 Å². The summed E-state index contributed by atoms with van der Waals surface area (Å²) in [4.78, 5) is 12.5. The van der Waals surface area contributed by atoms with Gasteiger partial charge in [-0.25, -0.2) is 0 Å². The molecule has 0 bridgehead atoms. The molecule has 3 rings (SSSR count). The van der Waals surface area contributed by atoms with Gasteiger partial charge in [-0.2, -0.15) is 5.26 Å². The fraction of sp³-hybridized carbons (Fsp3) is 0.120. The highest BCUT2D eigenvalue weighted by Gasteiger charge is 2.13. The molecule has 5 nitrogen and oxygen atoms in total. The summed E-state index contributed by atoms with van der Waals surface area (Å²) in [6.45, 7) is 0.660. The molecule has 1 N–H and O–H groups in total. The van der Waals surface area contributed by atoms with Gasteiger partial charge in [0, 0.05) is 11.6 Å². The second-order valence-electron chi connectivity index (χ2n) is 6.93. The average molecular weight is 591 g/mol. The number of benzene rings is 3. The lowest BCUT2D eigenvalue weighted by Crippen LogP contribution is -2.23. The van der Waals surface area contributed by atoms with Crippen molar-refractivity contribution in [2.24, 2.45) is 0 Å². The third-order valence-electron chi connectivity index (χ3n) is 4.61. The Kier molecular flexibility index (Phi) is 8.95. The summed E-state index contributed by atoms with van der Waals surface area (Å²) in [5.74, 6) is 0.896. The van der Waals surface area contributed by atoms with Crippen LogP contribution in [0.5, 0.6) is 11.5 Å². The topological polar surface area (TPSA) is 71.3 Å². The van der Waals surface area contributed by atoms with Gasteiger partial charge in [0.25, 0.3) is 5.91 Å². The Bertz CT molecular complexity index is 1180. The first-order valence-corrected chi connectivity index (χ1v) is 11.7. The minimum absolute atomic E-state index is 0.00264. The van der Waals surface area contributed by atoms with Crippen molar-refractivity contribution >= 4 is 55.4 Å². The Morgan fingerprint density at radius 1 is 1.06 bits per heavy atom. The standard InChI is InChI=1S/C25H19Br2ClN2O3/c1-32-21-8-4-16(5-9-21)14-30-25(31)19(13-29)10-18-11-22(26)24(23(27)12-18)33-15-17-2-6-20(28)7-3-17/h2-12H,14-15H2,1H3,(H,30,31)/b19-10-. The highest BCUT2D eigenvalue weighted by molar-refractivity contribution is 9.11. The third kappa shape index (κ3) is 7.10. The molecule has 0 aromatic heterocycles. The van der Waals surface area contributed by atoms with Crippen molar-refractivity contribution in [1.29, 1.82) is 5.26 Å². The highest BCUT2D eigenvalue weighted by atomic mass is 79.9. The number of hydrogen-bond donors (Lipinski definition) is 1. The van der Waals surface area contributed by atoms with Crippen molar-refractivity contribution in [2.75, 3.05) is 7.11 Å². The summed E-state index contributed by atoms with van der Waals surface area (Å²) < 4.78 is 12.4. The molecule has 0 aliphatic rings. The van der Waals surface area contributed by atoms with Gasteiger partial charge in [-0.3, -0.25) is 4.79 Å². The first-order valence-electron chi connectivity index (χ1n) is 9.79. The van der Waals surface area contributed by atoms with Crippen molar-refractivity contribution in [3.8, 4) is 17.6 Å². The zero-order valence-corrected chi connectivity index (χ0v) is 21.5. The van der Waals surface area contributed by atoms with Gasteiger partial charge in [-0.15, -0.1) is 0 Å². The molecule has 0 saturated carbocycles. The van der Waals surface area contributed by atoms with E-state index in [9.17, 15) is 10.1 Å². The number of ether oxygens (including phenoxy) is 2. The van der Waals surface area contributed by atoms with E-state index in [-0.39, 0.29) is 5.57 Å². The van der Waals surface area contributed by atoms with Crippen LogP contribution in [0.15, 0.2) is 75.2 Å². The molecule has 0 aliphatic heterocycles. The minimum atomic E-state index is -0.455. The number of nitrogens with one attached hydrogen (secondary N) is 1. The SMILES string of the molecule is COc1ccc(CNC(=O)/C(C#N)=C\c2cc(Br)c(OCc3ccc(Cl)cc3)c(Br)c2)cc1. The number of carbonyl (C=O) groups excluding carboxylic acids is 1. The quantitative estimate of drug-likeness (QED) is 0.235.